The Morgan fingerprint density at radius 1 is 0.947 bits per heavy atom. The monoisotopic (exact) mass is 521 g/mol. The third-order valence-corrected chi connectivity index (χ3v) is 7.04. The molecule has 1 N–H and O–H groups in total. The van der Waals surface area contributed by atoms with Crippen LogP contribution in [-0.4, -0.2) is 52.9 Å². The molecule has 0 saturated carbocycles. The van der Waals surface area contributed by atoms with Crippen LogP contribution >= 0.6 is 0 Å². The van der Waals surface area contributed by atoms with Crippen molar-refractivity contribution < 1.29 is 33.3 Å². The molecule has 2 aromatic carbocycles. The Morgan fingerprint density at radius 3 is 2.39 bits per heavy atom. The third-order valence-electron chi connectivity index (χ3n) is 7.04. The molecule has 0 radical (unpaired) electrons. The third kappa shape index (κ3) is 5.41. The van der Waals surface area contributed by atoms with E-state index in [2.05, 4.69) is 5.32 Å². The number of nitrogens with one attached hydrogen (secondary N) is 1. The van der Waals surface area contributed by atoms with Gasteiger partial charge in [0, 0.05) is 35.6 Å². The summed E-state index contributed by atoms with van der Waals surface area (Å²) in [7, 11) is 4.77. The standard InChI is InChI=1S/C30H35NO7/c1-6-37-13-14-38-30(33)27-18(2)31-22-15-20(19-11-12-25(35-4)26(17-19)36-5)16-23(32)29(22)28(27)21-9-7-8-10-24(21)34-3/h7-12,17,20,28,31H,6,13-16H2,1-5H3/t20-,28-/m0/s1. The molecule has 38 heavy (non-hydrogen) atoms. The number of benzene rings is 2. The van der Waals surface area contributed by atoms with Crippen molar-refractivity contribution in [2.45, 2.75) is 38.5 Å². The molecule has 8 heteroatoms. The quantitative estimate of drug-likeness (QED) is 0.357. The minimum Gasteiger partial charge on any atom is -0.496 e. The molecular weight excluding hydrogens is 486 g/mol. The van der Waals surface area contributed by atoms with Gasteiger partial charge < -0.3 is 29.0 Å². The van der Waals surface area contributed by atoms with Crippen LogP contribution in [0.2, 0.25) is 0 Å². The van der Waals surface area contributed by atoms with E-state index in [1.165, 1.54) is 0 Å². The van der Waals surface area contributed by atoms with Gasteiger partial charge in [-0.05, 0) is 49.9 Å². The van der Waals surface area contributed by atoms with Crippen molar-refractivity contribution in [1.29, 1.82) is 0 Å². The van der Waals surface area contributed by atoms with Crippen molar-refractivity contribution in [2.75, 3.05) is 41.2 Å². The predicted octanol–water partition coefficient (Wildman–Crippen LogP) is 4.65. The van der Waals surface area contributed by atoms with E-state index in [1.807, 2.05) is 56.3 Å². The van der Waals surface area contributed by atoms with Gasteiger partial charge in [-0.15, -0.1) is 0 Å². The normalized spacial score (nSPS) is 19.0. The molecule has 8 nitrogen and oxygen atoms in total. The summed E-state index contributed by atoms with van der Waals surface area (Å²) in [6, 6.07) is 13.2. The van der Waals surface area contributed by atoms with Crippen LogP contribution in [0.5, 0.6) is 17.2 Å². The van der Waals surface area contributed by atoms with Gasteiger partial charge in [0.15, 0.2) is 17.3 Å². The molecule has 2 aromatic rings. The van der Waals surface area contributed by atoms with Gasteiger partial charge >= 0.3 is 5.97 Å². The molecular formula is C30H35NO7. The molecule has 0 unspecified atom stereocenters. The number of rotatable bonds is 10. The number of carbonyl (C=O) groups excluding carboxylic acids is 2. The molecule has 202 valence electrons. The van der Waals surface area contributed by atoms with Crippen molar-refractivity contribution >= 4 is 11.8 Å². The Morgan fingerprint density at radius 2 is 1.68 bits per heavy atom. The summed E-state index contributed by atoms with van der Waals surface area (Å²) in [5.74, 6) is 0.688. The molecule has 0 amide bonds. The Kier molecular flexibility index (Phi) is 8.73. The number of dihydropyridines is 1. The topological polar surface area (TPSA) is 92.3 Å². The minimum atomic E-state index is -0.610. The van der Waals surface area contributed by atoms with Gasteiger partial charge in [0.05, 0.1) is 39.4 Å². The molecule has 1 heterocycles. The number of ketones is 1. The lowest BCUT2D eigenvalue weighted by atomic mass is 9.71. The van der Waals surface area contributed by atoms with Crippen LogP contribution in [0.1, 0.15) is 49.7 Å². The van der Waals surface area contributed by atoms with Crippen LogP contribution in [0.3, 0.4) is 0 Å². The lowest BCUT2D eigenvalue weighted by Crippen LogP contribution is -2.36. The second-order valence-electron chi connectivity index (χ2n) is 9.21. The van der Waals surface area contributed by atoms with E-state index >= 15 is 0 Å². The number of hydrogen-bond acceptors (Lipinski definition) is 8. The van der Waals surface area contributed by atoms with Crippen LogP contribution in [0.15, 0.2) is 65.0 Å². The summed E-state index contributed by atoms with van der Waals surface area (Å²) in [5, 5.41) is 3.38. The predicted molar refractivity (Wildman–Crippen MR) is 143 cm³/mol. The van der Waals surface area contributed by atoms with Crippen molar-refractivity contribution in [2.24, 2.45) is 0 Å². The molecule has 0 fully saturated rings. The van der Waals surface area contributed by atoms with Gasteiger partial charge in [0.25, 0.3) is 0 Å². The van der Waals surface area contributed by atoms with Crippen LogP contribution in [-0.2, 0) is 19.1 Å². The maximum Gasteiger partial charge on any atom is 0.336 e. The molecule has 0 saturated heterocycles. The highest BCUT2D eigenvalue weighted by Gasteiger charge is 2.42. The number of carbonyl (C=O) groups is 2. The van der Waals surface area contributed by atoms with Crippen molar-refractivity contribution in [3.8, 4) is 17.2 Å². The van der Waals surface area contributed by atoms with Gasteiger partial charge in [-0.3, -0.25) is 4.79 Å². The number of ether oxygens (including phenoxy) is 5. The molecule has 2 aliphatic rings. The van der Waals surface area contributed by atoms with Crippen LogP contribution in [0, 0.1) is 0 Å². The Hall–Kier alpha value is -3.78. The fourth-order valence-corrected chi connectivity index (χ4v) is 5.28. The lowest BCUT2D eigenvalue weighted by Gasteiger charge is -2.37. The van der Waals surface area contributed by atoms with Gasteiger partial charge in [-0.25, -0.2) is 4.79 Å². The molecule has 0 aromatic heterocycles. The zero-order chi connectivity index (χ0) is 27.2. The smallest absolute Gasteiger partial charge is 0.336 e. The van der Waals surface area contributed by atoms with Crippen molar-refractivity contribution in [1.82, 2.24) is 5.32 Å². The highest BCUT2D eigenvalue weighted by Crippen LogP contribution is 2.48. The Balaban J connectivity index is 1.74. The Labute approximate surface area is 223 Å². The summed E-state index contributed by atoms with van der Waals surface area (Å²) >= 11 is 0. The number of esters is 1. The van der Waals surface area contributed by atoms with Crippen molar-refractivity contribution in [3.05, 3.63) is 76.1 Å². The first-order chi connectivity index (χ1) is 18.4. The first kappa shape index (κ1) is 27.3. The molecule has 1 aliphatic carbocycles. The second-order valence-corrected chi connectivity index (χ2v) is 9.21. The van der Waals surface area contributed by atoms with Crippen LogP contribution in [0.4, 0.5) is 0 Å². The number of Topliss-reactive ketones (excluding diaryl/α,β-unsaturated/α-hetero) is 1. The second kappa shape index (κ2) is 12.2. The lowest BCUT2D eigenvalue weighted by molar-refractivity contribution is -0.140. The molecule has 4 rings (SSSR count). The van der Waals surface area contributed by atoms with Gasteiger partial charge in [0.1, 0.15) is 12.4 Å². The van der Waals surface area contributed by atoms with Gasteiger partial charge in [0.2, 0.25) is 0 Å². The summed E-state index contributed by atoms with van der Waals surface area (Å²) in [6.07, 6.45) is 0.902. The maximum atomic E-state index is 13.9. The largest absolute Gasteiger partial charge is 0.496 e. The average molecular weight is 522 g/mol. The zero-order valence-electron chi connectivity index (χ0n) is 22.6. The number of allylic oxidation sites excluding steroid dienone is 3. The fourth-order valence-electron chi connectivity index (χ4n) is 5.28. The molecule has 2 atom stereocenters. The number of hydrogen-bond donors (Lipinski definition) is 1. The van der Waals surface area contributed by atoms with Crippen molar-refractivity contribution in [3.63, 3.8) is 0 Å². The van der Waals surface area contributed by atoms with E-state index in [0.717, 1.165) is 16.8 Å². The molecule has 1 aliphatic heterocycles. The number of methoxy groups -OCH3 is 3. The SMILES string of the molecule is CCOCCOC(=O)C1=C(C)NC2=C(C(=O)C[C@@H](c3ccc(OC)c(OC)c3)C2)[C@H]1c1ccccc1OC. The minimum absolute atomic E-state index is 0.0263. The van der Waals surface area contributed by atoms with E-state index in [9.17, 15) is 9.59 Å². The number of para-hydroxylation sites is 1. The van der Waals surface area contributed by atoms with Gasteiger partial charge in [-0.1, -0.05) is 24.3 Å². The summed E-state index contributed by atoms with van der Waals surface area (Å²) in [6.45, 7) is 4.70. The molecule has 0 bridgehead atoms. The fraction of sp³-hybridized carbons (Fsp3) is 0.400. The summed E-state index contributed by atoms with van der Waals surface area (Å²) < 4.78 is 27.4. The van der Waals surface area contributed by atoms with E-state index < -0.39 is 11.9 Å². The summed E-state index contributed by atoms with van der Waals surface area (Å²) in [4.78, 5) is 27.2. The Bertz CT molecular complexity index is 1260. The average Bonchev–Trinajstić information content (AvgIpc) is 2.93. The van der Waals surface area contributed by atoms with Crippen LogP contribution in [0.25, 0.3) is 0 Å². The van der Waals surface area contributed by atoms with E-state index in [0.29, 0.717) is 60.1 Å². The highest BCUT2D eigenvalue weighted by atomic mass is 16.6. The summed E-state index contributed by atoms with van der Waals surface area (Å²) in [5.41, 5.74) is 4.18. The van der Waals surface area contributed by atoms with E-state index in [-0.39, 0.29) is 18.3 Å². The maximum absolute atomic E-state index is 13.9. The van der Waals surface area contributed by atoms with Gasteiger partial charge in [-0.2, -0.15) is 0 Å². The van der Waals surface area contributed by atoms with Crippen LogP contribution < -0.4 is 19.5 Å². The van der Waals surface area contributed by atoms with E-state index in [4.69, 9.17) is 23.7 Å². The van der Waals surface area contributed by atoms with E-state index in [1.54, 1.807) is 21.3 Å². The molecule has 0 spiro atoms. The first-order valence-corrected chi connectivity index (χ1v) is 12.8. The zero-order valence-corrected chi connectivity index (χ0v) is 22.6. The first-order valence-electron chi connectivity index (χ1n) is 12.8. The highest BCUT2D eigenvalue weighted by molar-refractivity contribution is 6.04.